The molecular formula is C27H30FN3O4S. The van der Waals surface area contributed by atoms with Gasteiger partial charge in [-0.1, -0.05) is 12.1 Å². The Balaban J connectivity index is 1.30. The molecule has 1 aliphatic carbocycles. The molecule has 7 nitrogen and oxygen atoms in total. The average Bonchev–Trinajstić information content (AvgIpc) is 2.89. The van der Waals surface area contributed by atoms with Crippen LogP contribution in [0.1, 0.15) is 44.2 Å². The van der Waals surface area contributed by atoms with Crippen molar-refractivity contribution in [3.05, 3.63) is 78.2 Å². The van der Waals surface area contributed by atoms with Crippen molar-refractivity contribution in [1.82, 2.24) is 15.0 Å². The summed E-state index contributed by atoms with van der Waals surface area (Å²) >= 11 is 0. The molecule has 1 fully saturated rings. The van der Waals surface area contributed by atoms with Crippen LogP contribution in [0, 0.1) is 11.7 Å². The number of carbonyl (C=O) groups is 1. The number of methoxy groups -OCH3 is 1. The number of aromatic nitrogens is 1. The van der Waals surface area contributed by atoms with Crippen molar-refractivity contribution in [1.29, 1.82) is 0 Å². The first-order chi connectivity index (χ1) is 17.2. The molecule has 0 bridgehead atoms. The zero-order valence-electron chi connectivity index (χ0n) is 20.3. The smallest absolute Gasteiger partial charge is 0.242 e. The van der Waals surface area contributed by atoms with Gasteiger partial charge in [0.15, 0.2) is 0 Å². The fraction of sp³-hybridized carbons (Fsp3) is 0.333. The molecule has 1 unspecified atom stereocenters. The minimum absolute atomic E-state index is 0.0635. The van der Waals surface area contributed by atoms with Crippen molar-refractivity contribution >= 4 is 15.9 Å². The Labute approximate surface area is 211 Å². The standard InChI is InChI=1S/C27H30FN3O4S/c1-18(19-3-9-22(28)10-4-19)30-27(32)21-5-11-23(12-6-21)31-36(33,34)25-15-16-26(29-17-25)20-7-13-24(35-2)14-8-20/h3-4,7-10,13-18,21,23,31H,5-6,11-12H2,1-2H3,(H,30,32). The Hall–Kier alpha value is -3.30. The monoisotopic (exact) mass is 511 g/mol. The molecule has 1 amide bonds. The molecule has 0 saturated heterocycles. The second-order valence-corrected chi connectivity index (χ2v) is 10.8. The molecule has 1 aliphatic rings. The number of hydrogen-bond acceptors (Lipinski definition) is 5. The maximum absolute atomic E-state index is 13.1. The number of halogens is 1. The molecule has 1 aromatic heterocycles. The van der Waals surface area contributed by atoms with Crippen molar-refractivity contribution in [3.8, 4) is 17.0 Å². The molecule has 1 heterocycles. The van der Waals surface area contributed by atoms with Crippen LogP contribution in [0.25, 0.3) is 11.3 Å². The highest BCUT2D eigenvalue weighted by Crippen LogP contribution is 2.27. The third-order valence-corrected chi connectivity index (χ3v) is 8.09. The molecule has 3 aromatic rings. The average molecular weight is 512 g/mol. The van der Waals surface area contributed by atoms with E-state index in [2.05, 4.69) is 15.0 Å². The lowest BCUT2D eigenvalue weighted by Gasteiger charge is -2.29. The summed E-state index contributed by atoms with van der Waals surface area (Å²) in [5, 5.41) is 2.98. The van der Waals surface area contributed by atoms with Crippen molar-refractivity contribution in [3.63, 3.8) is 0 Å². The van der Waals surface area contributed by atoms with E-state index >= 15 is 0 Å². The van der Waals surface area contributed by atoms with Crippen LogP contribution in [-0.4, -0.2) is 32.5 Å². The van der Waals surface area contributed by atoms with Crippen LogP contribution in [0.3, 0.4) is 0 Å². The number of sulfonamides is 1. The van der Waals surface area contributed by atoms with Gasteiger partial charge in [-0.3, -0.25) is 9.78 Å². The number of nitrogens with one attached hydrogen (secondary N) is 2. The minimum atomic E-state index is -3.73. The number of rotatable bonds is 8. The van der Waals surface area contributed by atoms with Gasteiger partial charge in [0, 0.05) is 23.7 Å². The molecule has 190 valence electrons. The zero-order valence-corrected chi connectivity index (χ0v) is 21.1. The predicted molar refractivity (Wildman–Crippen MR) is 135 cm³/mol. The van der Waals surface area contributed by atoms with Gasteiger partial charge < -0.3 is 10.1 Å². The lowest BCUT2D eigenvalue weighted by molar-refractivity contribution is -0.126. The number of hydrogen-bond donors (Lipinski definition) is 2. The second-order valence-electron chi connectivity index (χ2n) is 9.06. The second kappa shape index (κ2) is 11.2. The van der Waals surface area contributed by atoms with Gasteiger partial charge in [-0.05, 0) is 86.7 Å². The Morgan fingerprint density at radius 2 is 1.67 bits per heavy atom. The molecule has 36 heavy (non-hydrogen) atoms. The van der Waals surface area contributed by atoms with Crippen LogP contribution in [0.2, 0.25) is 0 Å². The zero-order chi connectivity index (χ0) is 25.7. The van der Waals surface area contributed by atoms with Gasteiger partial charge in [-0.15, -0.1) is 0 Å². The summed E-state index contributed by atoms with van der Waals surface area (Å²) in [4.78, 5) is 17.1. The van der Waals surface area contributed by atoms with Crippen LogP contribution >= 0.6 is 0 Å². The number of pyridine rings is 1. The maximum atomic E-state index is 13.1. The van der Waals surface area contributed by atoms with Gasteiger partial charge in [0.1, 0.15) is 16.5 Å². The van der Waals surface area contributed by atoms with E-state index in [1.54, 1.807) is 31.4 Å². The van der Waals surface area contributed by atoms with E-state index < -0.39 is 10.0 Å². The van der Waals surface area contributed by atoms with Gasteiger partial charge in [-0.25, -0.2) is 17.5 Å². The Morgan fingerprint density at radius 1 is 1.00 bits per heavy atom. The van der Waals surface area contributed by atoms with Crippen molar-refractivity contribution in [2.24, 2.45) is 5.92 Å². The lowest BCUT2D eigenvalue weighted by atomic mass is 9.85. The lowest BCUT2D eigenvalue weighted by Crippen LogP contribution is -2.41. The summed E-state index contributed by atoms with van der Waals surface area (Å²) in [6.45, 7) is 1.86. The highest BCUT2D eigenvalue weighted by atomic mass is 32.2. The fourth-order valence-corrected chi connectivity index (χ4v) is 5.65. The molecule has 1 atom stereocenters. The molecule has 0 spiro atoms. The maximum Gasteiger partial charge on any atom is 0.242 e. The number of carbonyl (C=O) groups excluding carboxylic acids is 1. The van der Waals surface area contributed by atoms with E-state index in [0.29, 0.717) is 31.4 Å². The van der Waals surface area contributed by atoms with Crippen LogP contribution in [0.15, 0.2) is 71.8 Å². The highest BCUT2D eigenvalue weighted by molar-refractivity contribution is 7.89. The first-order valence-electron chi connectivity index (χ1n) is 11.9. The van der Waals surface area contributed by atoms with Crippen LogP contribution in [0.4, 0.5) is 4.39 Å². The van der Waals surface area contributed by atoms with Crippen molar-refractivity contribution < 1.29 is 22.3 Å². The Kier molecular flexibility index (Phi) is 8.01. The summed E-state index contributed by atoms with van der Waals surface area (Å²) in [6, 6.07) is 16.2. The van der Waals surface area contributed by atoms with Gasteiger partial charge in [0.05, 0.1) is 18.8 Å². The predicted octanol–water partition coefficient (Wildman–Crippen LogP) is 4.61. The Bertz CT molecular complexity index is 1270. The summed E-state index contributed by atoms with van der Waals surface area (Å²) in [5.74, 6) is 0.171. The van der Waals surface area contributed by atoms with E-state index in [4.69, 9.17) is 4.74 Å². The highest BCUT2D eigenvalue weighted by Gasteiger charge is 2.30. The number of benzene rings is 2. The van der Waals surface area contributed by atoms with Crippen LogP contribution in [0.5, 0.6) is 5.75 Å². The van der Waals surface area contributed by atoms with Gasteiger partial charge >= 0.3 is 0 Å². The quantitative estimate of drug-likeness (QED) is 0.460. The molecule has 0 aliphatic heterocycles. The van der Waals surface area contributed by atoms with Crippen LogP contribution < -0.4 is 14.8 Å². The Morgan fingerprint density at radius 3 is 2.25 bits per heavy atom. The number of nitrogens with zero attached hydrogens (tertiary/aromatic N) is 1. The van der Waals surface area contributed by atoms with Crippen LogP contribution in [-0.2, 0) is 14.8 Å². The molecule has 0 radical (unpaired) electrons. The van der Waals surface area contributed by atoms with E-state index in [9.17, 15) is 17.6 Å². The van der Waals surface area contributed by atoms with E-state index in [0.717, 1.165) is 16.9 Å². The normalized spacial score (nSPS) is 18.9. The fourth-order valence-electron chi connectivity index (χ4n) is 4.40. The summed E-state index contributed by atoms with van der Waals surface area (Å²) < 4.78 is 46.9. The third-order valence-electron chi connectivity index (χ3n) is 6.58. The first kappa shape index (κ1) is 25.8. The minimum Gasteiger partial charge on any atom is -0.497 e. The number of ether oxygens (including phenoxy) is 1. The number of amides is 1. The molecule has 1 saturated carbocycles. The van der Waals surface area contributed by atoms with Gasteiger partial charge in [-0.2, -0.15) is 0 Å². The van der Waals surface area contributed by atoms with E-state index in [1.165, 1.54) is 18.3 Å². The first-order valence-corrected chi connectivity index (χ1v) is 13.4. The summed E-state index contributed by atoms with van der Waals surface area (Å²) in [7, 11) is -2.13. The molecule has 2 N–H and O–H groups in total. The van der Waals surface area contributed by atoms with Gasteiger partial charge in [0.25, 0.3) is 0 Å². The molecular weight excluding hydrogens is 481 g/mol. The van der Waals surface area contributed by atoms with E-state index in [-0.39, 0.29) is 34.6 Å². The van der Waals surface area contributed by atoms with E-state index in [1.807, 2.05) is 31.2 Å². The molecule has 2 aromatic carbocycles. The van der Waals surface area contributed by atoms with Gasteiger partial charge in [0.2, 0.25) is 15.9 Å². The largest absolute Gasteiger partial charge is 0.497 e. The third kappa shape index (κ3) is 6.27. The topological polar surface area (TPSA) is 97.4 Å². The molecule has 9 heteroatoms. The SMILES string of the molecule is COc1ccc(-c2ccc(S(=O)(=O)NC3CCC(C(=O)NC(C)c4ccc(F)cc4)CC3)cn2)cc1. The summed E-state index contributed by atoms with van der Waals surface area (Å²) in [6.07, 6.45) is 3.67. The molecule has 4 rings (SSSR count). The van der Waals surface area contributed by atoms with Crippen molar-refractivity contribution in [2.75, 3.05) is 7.11 Å². The van der Waals surface area contributed by atoms with Crippen molar-refractivity contribution in [2.45, 2.75) is 49.6 Å². The summed E-state index contributed by atoms with van der Waals surface area (Å²) in [5.41, 5.74) is 2.36.